The van der Waals surface area contributed by atoms with E-state index in [1.54, 1.807) is 0 Å². The molecule has 0 aliphatic heterocycles. The molecule has 1 aliphatic rings. The highest BCUT2D eigenvalue weighted by atomic mass is 19.1. The van der Waals surface area contributed by atoms with E-state index in [1.165, 1.54) is 0 Å². The number of rotatable bonds is 3. The molecule has 0 heterocycles. The van der Waals surface area contributed by atoms with Gasteiger partial charge in [0.1, 0.15) is 11.6 Å². The number of halogens is 2. The fourth-order valence-corrected chi connectivity index (χ4v) is 2.61. The number of carboxylic acids is 1. The lowest BCUT2D eigenvalue weighted by molar-refractivity contribution is 0.0692. The summed E-state index contributed by atoms with van der Waals surface area (Å²) in [5.41, 5.74) is -0.439. The van der Waals surface area contributed by atoms with E-state index in [0.717, 1.165) is 31.7 Å². The minimum absolute atomic E-state index is 0.0675. The first kappa shape index (κ1) is 13.8. The van der Waals surface area contributed by atoms with Gasteiger partial charge in [0.25, 0.3) is 0 Å². The van der Waals surface area contributed by atoms with Crippen molar-refractivity contribution in [2.75, 3.05) is 5.32 Å². The Morgan fingerprint density at radius 3 is 2.68 bits per heavy atom. The molecule has 0 spiro atoms. The van der Waals surface area contributed by atoms with Gasteiger partial charge in [-0.3, -0.25) is 0 Å². The van der Waals surface area contributed by atoms with Gasteiger partial charge in [0, 0.05) is 12.1 Å². The second kappa shape index (κ2) is 5.55. The van der Waals surface area contributed by atoms with Gasteiger partial charge >= 0.3 is 5.97 Å². The third-order valence-corrected chi connectivity index (χ3v) is 3.58. The first-order valence-corrected chi connectivity index (χ1v) is 6.46. The Labute approximate surface area is 110 Å². The first-order valence-electron chi connectivity index (χ1n) is 6.46. The maximum atomic E-state index is 13.7. The van der Waals surface area contributed by atoms with Crippen LogP contribution >= 0.6 is 0 Å². The third-order valence-electron chi connectivity index (χ3n) is 3.58. The summed E-state index contributed by atoms with van der Waals surface area (Å²) >= 11 is 0. The minimum atomic E-state index is -1.39. The van der Waals surface area contributed by atoms with Gasteiger partial charge in [0.15, 0.2) is 0 Å². The summed E-state index contributed by atoms with van der Waals surface area (Å²) < 4.78 is 26.9. The second-order valence-electron chi connectivity index (χ2n) is 5.23. The average Bonchev–Trinajstić information content (AvgIpc) is 2.32. The summed E-state index contributed by atoms with van der Waals surface area (Å²) in [7, 11) is 0. The molecule has 2 unspecified atom stereocenters. The summed E-state index contributed by atoms with van der Waals surface area (Å²) in [5, 5.41) is 11.8. The molecule has 2 rings (SSSR count). The molecule has 1 aliphatic carbocycles. The van der Waals surface area contributed by atoms with Gasteiger partial charge in [-0.25, -0.2) is 13.6 Å². The van der Waals surface area contributed by atoms with Crippen LogP contribution in [0, 0.1) is 17.6 Å². The highest BCUT2D eigenvalue weighted by Crippen LogP contribution is 2.28. The van der Waals surface area contributed by atoms with E-state index in [4.69, 9.17) is 5.11 Å². The van der Waals surface area contributed by atoms with Crippen molar-refractivity contribution in [2.45, 2.75) is 38.6 Å². The van der Waals surface area contributed by atoms with Gasteiger partial charge in [0.2, 0.25) is 0 Å². The Morgan fingerprint density at radius 2 is 2.05 bits per heavy atom. The molecule has 0 aromatic heterocycles. The average molecular weight is 269 g/mol. The largest absolute Gasteiger partial charge is 0.478 e. The summed E-state index contributed by atoms with van der Waals surface area (Å²) in [6, 6.07) is 1.77. The summed E-state index contributed by atoms with van der Waals surface area (Å²) in [4.78, 5) is 10.8. The zero-order chi connectivity index (χ0) is 14.0. The van der Waals surface area contributed by atoms with Crippen molar-refractivity contribution >= 4 is 11.7 Å². The maximum absolute atomic E-state index is 13.7. The highest BCUT2D eigenvalue weighted by Gasteiger charge is 2.21. The van der Waals surface area contributed by atoms with Crippen LogP contribution in [0.4, 0.5) is 14.5 Å². The topological polar surface area (TPSA) is 49.3 Å². The van der Waals surface area contributed by atoms with E-state index in [0.29, 0.717) is 12.0 Å². The van der Waals surface area contributed by atoms with Gasteiger partial charge in [0.05, 0.1) is 11.3 Å². The summed E-state index contributed by atoms with van der Waals surface area (Å²) in [5.74, 6) is -2.63. The predicted molar refractivity (Wildman–Crippen MR) is 68.4 cm³/mol. The van der Waals surface area contributed by atoms with Crippen molar-refractivity contribution < 1.29 is 18.7 Å². The van der Waals surface area contributed by atoms with Crippen LogP contribution in [0.1, 0.15) is 43.0 Å². The number of carboxylic acid groups (broad SMARTS) is 1. The van der Waals surface area contributed by atoms with E-state index in [1.807, 2.05) is 0 Å². The molecule has 2 atom stereocenters. The van der Waals surface area contributed by atoms with Crippen molar-refractivity contribution in [3.05, 3.63) is 29.3 Å². The van der Waals surface area contributed by atoms with Crippen LogP contribution in [0.3, 0.4) is 0 Å². The maximum Gasteiger partial charge on any atom is 0.338 e. The Kier molecular flexibility index (Phi) is 4.02. The van der Waals surface area contributed by atoms with Crippen LogP contribution in [0.2, 0.25) is 0 Å². The zero-order valence-electron chi connectivity index (χ0n) is 10.7. The van der Waals surface area contributed by atoms with Crippen molar-refractivity contribution in [3.8, 4) is 0 Å². The molecule has 104 valence electrons. The van der Waals surface area contributed by atoms with Crippen LogP contribution in [-0.2, 0) is 0 Å². The Hall–Kier alpha value is -1.65. The summed E-state index contributed by atoms with van der Waals surface area (Å²) in [6.07, 6.45) is 4.06. The number of hydrogen-bond donors (Lipinski definition) is 2. The predicted octanol–water partition coefficient (Wildman–Crippen LogP) is 3.65. The summed E-state index contributed by atoms with van der Waals surface area (Å²) in [6.45, 7) is 2.14. The first-order chi connectivity index (χ1) is 8.97. The van der Waals surface area contributed by atoms with E-state index in [9.17, 15) is 13.6 Å². The number of hydrogen-bond acceptors (Lipinski definition) is 2. The highest BCUT2D eigenvalue weighted by molar-refractivity contribution is 5.89. The number of anilines is 1. The van der Waals surface area contributed by atoms with Crippen molar-refractivity contribution in [1.82, 2.24) is 0 Å². The molecule has 0 amide bonds. The molecule has 1 saturated carbocycles. The number of benzene rings is 1. The van der Waals surface area contributed by atoms with Crippen LogP contribution in [0.5, 0.6) is 0 Å². The standard InChI is InChI=1S/C14H17F2NO2/c1-8-3-2-4-9(5-8)17-13-6-10(14(18)19)11(15)7-12(13)16/h6-9,17H,2-5H2,1H3,(H,18,19). The SMILES string of the molecule is CC1CCCC(Nc2cc(C(=O)O)c(F)cc2F)C1. The van der Waals surface area contributed by atoms with E-state index in [2.05, 4.69) is 12.2 Å². The molecule has 1 fully saturated rings. The second-order valence-corrected chi connectivity index (χ2v) is 5.23. The Morgan fingerprint density at radius 1 is 1.32 bits per heavy atom. The van der Waals surface area contributed by atoms with E-state index < -0.39 is 23.2 Å². The van der Waals surface area contributed by atoms with Gasteiger partial charge in [-0.1, -0.05) is 19.8 Å². The zero-order valence-corrected chi connectivity index (χ0v) is 10.7. The smallest absolute Gasteiger partial charge is 0.338 e. The normalized spacial score (nSPS) is 23.1. The lowest BCUT2D eigenvalue weighted by Gasteiger charge is -2.28. The molecule has 3 nitrogen and oxygen atoms in total. The van der Waals surface area contributed by atoms with Crippen molar-refractivity contribution in [3.63, 3.8) is 0 Å². The van der Waals surface area contributed by atoms with E-state index in [-0.39, 0.29) is 11.7 Å². The Balaban J connectivity index is 2.19. The molecule has 1 aromatic carbocycles. The van der Waals surface area contributed by atoms with Crippen molar-refractivity contribution in [1.29, 1.82) is 0 Å². The molecule has 1 aromatic rings. The molecule has 0 bridgehead atoms. The Bertz CT molecular complexity index is 491. The lowest BCUT2D eigenvalue weighted by Crippen LogP contribution is -2.26. The van der Waals surface area contributed by atoms with Crippen LogP contribution in [0.25, 0.3) is 0 Å². The monoisotopic (exact) mass is 269 g/mol. The quantitative estimate of drug-likeness (QED) is 0.880. The molecular weight excluding hydrogens is 252 g/mol. The molecule has 2 N–H and O–H groups in total. The van der Waals surface area contributed by atoms with Gasteiger partial charge < -0.3 is 10.4 Å². The lowest BCUT2D eigenvalue weighted by atomic mass is 9.87. The third kappa shape index (κ3) is 3.22. The van der Waals surface area contributed by atoms with Gasteiger partial charge in [-0.2, -0.15) is 0 Å². The number of nitrogens with one attached hydrogen (secondary N) is 1. The van der Waals surface area contributed by atoms with E-state index >= 15 is 0 Å². The minimum Gasteiger partial charge on any atom is -0.478 e. The van der Waals surface area contributed by atoms with Crippen LogP contribution in [0.15, 0.2) is 12.1 Å². The van der Waals surface area contributed by atoms with Gasteiger partial charge in [-0.05, 0) is 24.8 Å². The van der Waals surface area contributed by atoms with Crippen molar-refractivity contribution in [2.24, 2.45) is 5.92 Å². The molecule has 0 radical (unpaired) electrons. The fraction of sp³-hybridized carbons (Fsp3) is 0.500. The number of carbonyl (C=O) groups is 1. The molecular formula is C14H17F2NO2. The van der Waals surface area contributed by atoms with Crippen LogP contribution in [-0.4, -0.2) is 17.1 Å². The van der Waals surface area contributed by atoms with Crippen LogP contribution < -0.4 is 5.32 Å². The molecule has 19 heavy (non-hydrogen) atoms. The van der Waals surface area contributed by atoms with Gasteiger partial charge in [-0.15, -0.1) is 0 Å². The number of aromatic carboxylic acids is 1. The fourth-order valence-electron chi connectivity index (χ4n) is 2.61. The molecule has 5 heteroatoms. The molecule has 0 saturated heterocycles.